The van der Waals surface area contributed by atoms with Crippen molar-refractivity contribution in [2.24, 2.45) is 0 Å². The van der Waals surface area contributed by atoms with Crippen LogP contribution in [0.4, 0.5) is 0 Å². The maximum atomic E-state index is 5.80. The van der Waals surface area contributed by atoms with Crippen LogP contribution in [0.15, 0.2) is 12.3 Å². The van der Waals surface area contributed by atoms with Gasteiger partial charge in [-0.2, -0.15) is 0 Å². The zero-order valence-corrected chi connectivity index (χ0v) is 7.18. The van der Waals surface area contributed by atoms with Gasteiger partial charge in [-0.3, -0.25) is 0 Å². The number of aromatic nitrogens is 1. The summed E-state index contributed by atoms with van der Waals surface area (Å²) in [5.41, 5.74) is 0.747. The van der Waals surface area contributed by atoms with Crippen LogP contribution in [0, 0.1) is 0 Å². The number of rotatable bonds is 3. The molecule has 0 saturated carbocycles. The van der Waals surface area contributed by atoms with Crippen LogP contribution in [0.25, 0.3) is 0 Å². The number of ether oxygens (including phenoxy) is 2. The Bertz CT molecular complexity index is 220. The summed E-state index contributed by atoms with van der Waals surface area (Å²) >= 11 is 5.80. The summed E-state index contributed by atoms with van der Waals surface area (Å²) in [6.07, 6.45) is 1.33. The van der Waals surface area contributed by atoms with E-state index in [1.807, 2.05) is 0 Å². The predicted molar refractivity (Wildman–Crippen MR) is 42.6 cm³/mol. The van der Waals surface area contributed by atoms with Crippen molar-refractivity contribution in [2.75, 3.05) is 14.2 Å². The number of aromatic amines is 1. The fourth-order valence-electron chi connectivity index (χ4n) is 0.876. The standard InChI is InChI=1S/C7H10ClNO2/c1-10-7(11-2)6-5(8)3-4-9-6/h3-4,7,9H,1-2H3. The van der Waals surface area contributed by atoms with Crippen LogP contribution in [0.3, 0.4) is 0 Å². The molecule has 1 heterocycles. The Morgan fingerprint density at radius 1 is 1.45 bits per heavy atom. The number of halogens is 1. The van der Waals surface area contributed by atoms with Gasteiger partial charge in [-0.25, -0.2) is 0 Å². The Labute approximate surface area is 70.3 Å². The highest BCUT2D eigenvalue weighted by atomic mass is 35.5. The minimum Gasteiger partial charge on any atom is -0.360 e. The highest BCUT2D eigenvalue weighted by molar-refractivity contribution is 6.31. The van der Waals surface area contributed by atoms with Crippen molar-refractivity contribution in [1.29, 1.82) is 0 Å². The number of nitrogens with one attached hydrogen (secondary N) is 1. The maximum Gasteiger partial charge on any atom is 0.199 e. The Kier molecular flexibility index (Phi) is 2.93. The fraction of sp³-hybridized carbons (Fsp3) is 0.429. The van der Waals surface area contributed by atoms with Crippen LogP contribution >= 0.6 is 11.6 Å². The Morgan fingerprint density at radius 3 is 2.45 bits per heavy atom. The van der Waals surface area contributed by atoms with E-state index < -0.39 is 6.29 Å². The van der Waals surface area contributed by atoms with E-state index >= 15 is 0 Å². The van der Waals surface area contributed by atoms with E-state index in [0.29, 0.717) is 5.02 Å². The molecule has 0 unspecified atom stereocenters. The molecular weight excluding hydrogens is 166 g/mol. The lowest BCUT2D eigenvalue weighted by Crippen LogP contribution is -2.04. The molecule has 0 radical (unpaired) electrons. The minimum absolute atomic E-state index is 0.405. The van der Waals surface area contributed by atoms with Gasteiger partial charge >= 0.3 is 0 Å². The molecule has 0 bridgehead atoms. The van der Waals surface area contributed by atoms with E-state index in [1.54, 1.807) is 26.5 Å². The van der Waals surface area contributed by atoms with Crippen molar-refractivity contribution in [3.05, 3.63) is 23.0 Å². The molecule has 1 N–H and O–H groups in total. The molecular formula is C7H10ClNO2. The fourth-order valence-corrected chi connectivity index (χ4v) is 1.08. The molecule has 0 aliphatic heterocycles. The highest BCUT2D eigenvalue weighted by Gasteiger charge is 2.12. The Morgan fingerprint density at radius 2 is 2.09 bits per heavy atom. The van der Waals surface area contributed by atoms with Crippen LogP contribution in [-0.4, -0.2) is 19.2 Å². The van der Waals surface area contributed by atoms with Gasteiger partial charge in [0.05, 0.1) is 10.7 Å². The minimum atomic E-state index is -0.405. The molecule has 0 atom stereocenters. The molecule has 0 aliphatic carbocycles. The van der Waals surface area contributed by atoms with E-state index in [2.05, 4.69) is 4.98 Å². The quantitative estimate of drug-likeness (QED) is 0.713. The third kappa shape index (κ3) is 1.74. The number of methoxy groups -OCH3 is 2. The summed E-state index contributed by atoms with van der Waals surface area (Å²) in [6, 6.07) is 1.75. The molecule has 11 heavy (non-hydrogen) atoms. The monoisotopic (exact) mass is 175 g/mol. The predicted octanol–water partition coefficient (Wildman–Crippen LogP) is 1.96. The second kappa shape index (κ2) is 3.76. The van der Waals surface area contributed by atoms with E-state index in [1.165, 1.54) is 0 Å². The van der Waals surface area contributed by atoms with Gasteiger partial charge in [0.1, 0.15) is 0 Å². The molecule has 0 fully saturated rings. The molecule has 1 aromatic rings. The van der Waals surface area contributed by atoms with Crippen LogP contribution in [0.5, 0.6) is 0 Å². The summed E-state index contributed by atoms with van der Waals surface area (Å²) in [4.78, 5) is 2.93. The molecule has 0 saturated heterocycles. The topological polar surface area (TPSA) is 34.2 Å². The summed E-state index contributed by atoms with van der Waals surface area (Å²) in [6.45, 7) is 0. The molecule has 0 spiro atoms. The summed E-state index contributed by atoms with van der Waals surface area (Å²) in [5, 5.41) is 0.624. The first-order valence-corrected chi connectivity index (χ1v) is 3.55. The molecule has 3 nitrogen and oxygen atoms in total. The van der Waals surface area contributed by atoms with Crippen molar-refractivity contribution in [3.63, 3.8) is 0 Å². The van der Waals surface area contributed by atoms with Gasteiger partial charge in [0, 0.05) is 20.4 Å². The van der Waals surface area contributed by atoms with Gasteiger partial charge in [-0.1, -0.05) is 11.6 Å². The van der Waals surface area contributed by atoms with Crippen molar-refractivity contribution in [1.82, 2.24) is 4.98 Å². The van der Waals surface area contributed by atoms with Crippen molar-refractivity contribution >= 4 is 11.6 Å². The van der Waals surface area contributed by atoms with Gasteiger partial charge in [0.15, 0.2) is 6.29 Å². The Hall–Kier alpha value is -0.510. The van der Waals surface area contributed by atoms with Crippen molar-refractivity contribution < 1.29 is 9.47 Å². The van der Waals surface area contributed by atoms with Crippen molar-refractivity contribution in [2.45, 2.75) is 6.29 Å². The summed E-state index contributed by atoms with van der Waals surface area (Å²) in [7, 11) is 3.12. The van der Waals surface area contributed by atoms with E-state index in [0.717, 1.165) is 5.69 Å². The van der Waals surface area contributed by atoms with Crippen LogP contribution in [0.2, 0.25) is 5.02 Å². The third-order valence-corrected chi connectivity index (χ3v) is 1.72. The van der Waals surface area contributed by atoms with Gasteiger partial charge in [-0.05, 0) is 6.07 Å². The largest absolute Gasteiger partial charge is 0.360 e. The summed E-state index contributed by atoms with van der Waals surface area (Å²) in [5.74, 6) is 0. The number of hydrogen-bond acceptors (Lipinski definition) is 2. The van der Waals surface area contributed by atoms with Gasteiger partial charge in [0.25, 0.3) is 0 Å². The van der Waals surface area contributed by atoms with E-state index in [-0.39, 0.29) is 0 Å². The first-order valence-electron chi connectivity index (χ1n) is 3.18. The Balaban J connectivity index is 2.81. The SMILES string of the molecule is COC(OC)c1[nH]ccc1Cl. The first-order chi connectivity index (χ1) is 5.29. The normalized spacial score (nSPS) is 10.9. The van der Waals surface area contributed by atoms with E-state index in [9.17, 15) is 0 Å². The lowest BCUT2D eigenvalue weighted by Gasteiger charge is -2.11. The average molecular weight is 176 g/mol. The molecule has 1 rings (SSSR count). The molecule has 0 aliphatic rings. The van der Waals surface area contributed by atoms with Crippen LogP contribution in [0.1, 0.15) is 12.0 Å². The van der Waals surface area contributed by atoms with Crippen molar-refractivity contribution in [3.8, 4) is 0 Å². The highest BCUT2D eigenvalue weighted by Crippen LogP contribution is 2.23. The van der Waals surface area contributed by atoms with Gasteiger partial charge in [-0.15, -0.1) is 0 Å². The third-order valence-electron chi connectivity index (χ3n) is 1.39. The summed E-state index contributed by atoms with van der Waals surface area (Å²) < 4.78 is 9.97. The smallest absolute Gasteiger partial charge is 0.199 e. The lowest BCUT2D eigenvalue weighted by molar-refractivity contribution is -0.108. The average Bonchev–Trinajstić information content (AvgIpc) is 2.40. The van der Waals surface area contributed by atoms with E-state index in [4.69, 9.17) is 21.1 Å². The molecule has 62 valence electrons. The number of H-pyrrole nitrogens is 1. The van der Waals surface area contributed by atoms with Gasteiger partial charge in [0.2, 0.25) is 0 Å². The van der Waals surface area contributed by atoms with Crippen LogP contribution < -0.4 is 0 Å². The molecule has 0 amide bonds. The molecule has 1 aromatic heterocycles. The van der Waals surface area contributed by atoms with Crippen LogP contribution in [-0.2, 0) is 9.47 Å². The molecule has 0 aromatic carbocycles. The first kappa shape index (κ1) is 8.59. The zero-order valence-electron chi connectivity index (χ0n) is 6.43. The number of hydrogen-bond donors (Lipinski definition) is 1. The zero-order chi connectivity index (χ0) is 8.27. The second-order valence-electron chi connectivity index (χ2n) is 2.04. The second-order valence-corrected chi connectivity index (χ2v) is 2.45. The maximum absolute atomic E-state index is 5.80. The molecule has 4 heteroatoms. The lowest BCUT2D eigenvalue weighted by atomic mass is 10.4. The van der Waals surface area contributed by atoms with Gasteiger partial charge < -0.3 is 14.5 Å².